The molecule has 2 aromatic carbocycles. The quantitative estimate of drug-likeness (QED) is 0.0596. The Balaban J connectivity index is 0.000000330. The minimum atomic E-state index is -3.85. The van der Waals surface area contributed by atoms with E-state index in [1.165, 1.54) is 52.9 Å². The Labute approximate surface area is 366 Å². The van der Waals surface area contributed by atoms with Crippen LogP contribution in [0.4, 0.5) is 0 Å². The normalized spacial score (nSPS) is 18.4. The molecule has 0 radical (unpaired) electrons. The smallest absolute Gasteiger partial charge is 0.494 e. The average Bonchev–Trinajstić information content (AvgIpc) is 3.15. The molecule has 0 aromatic heterocycles. The largest absolute Gasteiger partial charge is 0.705 e. The molecule has 2 heterocycles. The van der Waals surface area contributed by atoms with Crippen molar-refractivity contribution >= 4 is 66.0 Å². The first-order valence-corrected chi connectivity index (χ1v) is 27.9. The maximum absolute atomic E-state index is 11.5. The lowest BCUT2D eigenvalue weighted by Crippen LogP contribution is -2.49. The van der Waals surface area contributed by atoms with Crippen LogP contribution in [0.25, 0.3) is 0 Å². The molecule has 0 saturated heterocycles. The third-order valence-electron chi connectivity index (χ3n) is 9.42. The molecule has 17 heteroatoms. The molecule has 2 aliphatic heterocycles. The summed E-state index contributed by atoms with van der Waals surface area (Å²) < 4.78 is 51.3. The summed E-state index contributed by atoms with van der Waals surface area (Å²) in [7, 11) is -3.85. The van der Waals surface area contributed by atoms with Gasteiger partial charge in [-0.15, -0.1) is 33.2 Å². The molecule has 332 valence electrons. The standard InChI is InChI=1S/C24H36O9Si.C18H27Cl3O3Si/c1-6-7-8-9-13-24(5)29-17-21-16-22(11-12-23(21)30-24)28-14-10-15-34(31-18(2)25,32-19(3)26)33-20(4)27;1-3-4-5-6-10-18(2)23-14-15-13-16(8-9-17(15)24-18)22-11-7-12-25(19,20)21/h11-12,16H,6-10,13-15,17H2,1-5H3;8-9,13H,3-7,10-12,14H2,1-2H3. The molecule has 2 unspecified atom stereocenters. The van der Waals surface area contributed by atoms with Crippen LogP contribution in [0, 0.1) is 0 Å². The van der Waals surface area contributed by atoms with Crippen LogP contribution in [-0.2, 0) is 50.3 Å². The zero-order valence-corrected chi connectivity index (χ0v) is 40.0. The van der Waals surface area contributed by atoms with Crippen molar-refractivity contribution < 1.29 is 56.1 Å². The summed E-state index contributed by atoms with van der Waals surface area (Å²) in [5, 5.41) is 0. The molecule has 4 rings (SSSR count). The van der Waals surface area contributed by atoms with Crippen LogP contribution in [0.1, 0.15) is 137 Å². The third kappa shape index (κ3) is 19.2. The number of hydrogen-bond acceptors (Lipinski definition) is 12. The second-order valence-electron chi connectivity index (χ2n) is 15.2. The van der Waals surface area contributed by atoms with E-state index in [1.54, 1.807) is 0 Å². The van der Waals surface area contributed by atoms with E-state index >= 15 is 0 Å². The van der Waals surface area contributed by atoms with Gasteiger partial charge in [0.15, 0.2) is 0 Å². The second kappa shape index (κ2) is 24.6. The van der Waals surface area contributed by atoms with E-state index in [0.29, 0.717) is 38.0 Å². The van der Waals surface area contributed by atoms with E-state index in [-0.39, 0.29) is 12.7 Å². The van der Waals surface area contributed by atoms with Crippen molar-refractivity contribution in [3.8, 4) is 23.0 Å². The van der Waals surface area contributed by atoms with Gasteiger partial charge in [-0.05, 0) is 68.1 Å². The van der Waals surface area contributed by atoms with Gasteiger partial charge >= 0.3 is 14.8 Å². The van der Waals surface area contributed by atoms with Gasteiger partial charge < -0.3 is 41.7 Å². The monoisotopic (exact) mass is 920 g/mol. The van der Waals surface area contributed by atoms with Crippen molar-refractivity contribution in [1.29, 1.82) is 0 Å². The highest BCUT2D eigenvalue weighted by Gasteiger charge is 2.51. The molecule has 0 N–H and O–H groups in total. The molecule has 0 spiro atoms. The fraction of sp³-hybridized carbons (Fsp3) is 0.643. The number of ether oxygens (including phenoxy) is 6. The maximum Gasteiger partial charge on any atom is 0.705 e. The van der Waals surface area contributed by atoms with Gasteiger partial charge in [-0.1, -0.05) is 52.4 Å². The summed E-state index contributed by atoms with van der Waals surface area (Å²) in [6.07, 6.45) is 12.3. The van der Waals surface area contributed by atoms with Crippen LogP contribution in [0.2, 0.25) is 12.1 Å². The van der Waals surface area contributed by atoms with Crippen molar-refractivity contribution in [2.24, 2.45) is 0 Å². The summed E-state index contributed by atoms with van der Waals surface area (Å²) in [4.78, 5) is 34.6. The highest BCUT2D eigenvalue weighted by atomic mass is 35.8. The Bertz CT molecular complexity index is 1600. The first-order valence-electron chi connectivity index (χ1n) is 20.7. The highest BCUT2D eigenvalue weighted by Crippen LogP contribution is 2.38. The Morgan fingerprint density at radius 3 is 1.39 bits per heavy atom. The molecular formula is C42H63Cl3O12Si2. The molecular weight excluding hydrogens is 859 g/mol. The zero-order valence-electron chi connectivity index (χ0n) is 35.7. The Kier molecular flexibility index (Phi) is 21.2. The van der Waals surface area contributed by atoms with Crippen LogP contribution in [0.15, 0.2) is 36.4 Å². The van der Waals surface area contributed by atoms with Gasteiger partial charge in [0.05, 0.1) is 32.5 Å². The Morgan fingerprint density at radius 1 is 0.610 bits per heavy atom. The summed E-state index contributed by atoms with van der Waals surface area (Å²) >= 11 is 17.6. The molecule has 2 aromatic rings. The minimum Gasteiger partial charge on any atom is -0.494 e. The van der Waals surface area contributed by atoms with Crippen LogP contribution in [0.5, 0.6) is 23.0 Å². The van der Waals surface area contributed by atoms with Gasteiger partial charge in [-0.2, -0.15) is 0 Å². The van der Waals surface area contributed by atoms with Crippen LogP contribution >= 0.6 is 33.2 Å². The predicted octanol–water partition coefficient (Wildman–Crippen LogP) is 11.4. The minimum absolute atomic E-state index is 0.0549. The zero-order chi connectivity index (χ0) is 43.5. The number of carbonyl (C=O) groups excluding carboxylic acids is 3. The van der Waals surface area contributed by atoms with E-state index in [4.69, 9.17) is 74.9 Å². The van der Waals surface area contributed by atoms with Gasteiger partial charge in [0.25, 0.3) is 17.9 Å². The molecule has 0 fully saturated rings. The highest BCUT2D eigenvalue weighted by molar-refractivity contribution is 7.64. The van der Waals surface area contributed by atoms with Gasteiger partial charge in [-0.25, -0.2) is 0 Å². The van der Waals surface area contributed by atoms with Crippen molar-refractivity contribution in [3.05, 3.63) is 47.5 Å². The topological polar surface area (TPSA) is 134 Å². The van der Waals surface area contributed by atoms with Gasteiger partial charge in [0, 0.05) is 58.6 Å². The average molecular weight is 922 g/mol. The van der Waals surface area contributed by atoms with E-state index < -0.39 is 44.3 Å². The summed E-state index contributed by atoms with van der Waals surface area (Å²) in [6.45, 7) is 13.6. The summed E-state index contributed by atoms with van der Waals surface area (Å²) in [5.74, 6) is -0.153. The Hall–Kier alpha value is -2.73. The van der Waals surface area contributed by atoms with Gasteiger partial charge in [-0.3, -0.25) is 14.4 Å². The first-order chi connectivity index (χ1) is 27.9. The van der Waals surface area contributed by atoms with E-state index in [2.05, 4.69) is 13.8 Å². The molecule has 0 bridgehead atoms. The van der Waals surface area contributed by atoms with E-state index in [1.807, 2.05) is 50.2 Å². The lowest BCUT2D eigenvalue weighted by atomic mass is 10.1. The Morgan fingerprint density at radius 2 is 1.02 bits per heavy atom. The maximum atomic E-state index is 11.5. The van der Waals surface area contributed by atoms with Crippen molar-refractivity contribution in [2.45, 2.75) is 162 Å². The fourth-order valence-electron chi connectivity index (χ4n) is 6.51. The fourth-order valence-corrected chi connectivity index (χ4v) is 10.6. The van der Waals surface area contributed by atoms with Crippen LogP contribution < -0.4 is 18.9 Å². The molecule has 2 aliphatic rings. The molecule has 0 amide bonds. The predicted molar refractivity (Wildman–Crippen MR) is 232 cm³/mol. The number of unbranched alkanes of at least 4 members (excludes halogenated alkanes) is 6. The van der Waals surface area contributed by atoms with Crippen molar-refractivity contribution in [1.82, 2.24) is 0 Å². The number of rotatable bonds is 23. The SMILES string of the molecule is CCCCCCC1(C)OCc2cc(OCCC[Si](Cl)(Cl)Cl)ccc2O1.CCCCCCC1(C)OCc2cc(OCCC[Si](OC(C)=O)(OC(C)=O)OC(C)=O)ccc2O1. The molecule has 12 nitrogen and oxygen atoms in total. The summed E-state index contributed by atoms with van der Waals surface area (Å²) in [6, 6.07) is 9.50. The second-order valence-corrected chi connectivity index (χ2v) is 26.9. The van der Waals surface area contributed by atoms with E-state index in [0.717, 1.165) is 66.9 Å². The number of carbonyl (C=O) groups is 3. The lowest BCUT2D eigenvalue weighted by Gasteiger charge is -2.36. The number of benzene rings is 2. The summed E-state index contributed by atoms with van der Waals surface area (Å²) in [5.41, 5.74) is 1.91. The lowest BCUT2D eigenvalue weighted by molar-refractivity contribution is -0.198. The molecule has 0 aliphatic carbocycles. The number of hydrogen-bond donors (Lipinski definition) is 0. The van der Waals surface area contributed by atoms with Crippen LogP contribution in [-0.4, -0.2) is 57.5 Å². The molecule has 2 atom stereocenters. The molecule has 59 heavy (non-hydrogen) atoms. The van der Waals surface area contributed by atoms with Gasteiger partial charge in [0.1, 0.15) is 23.0 Å². The van der Waals surface area contributed by atoms with Gasteiger partial charge in [0.2, 0.25) is 11.6 Å². The number of halogens is 3. The third-order valence-corrected chi connectivity index (χ3v) is 14.8. The van der Waals surface area contributed by atoms with E-state index in [9.17, 15) is 14.4 Å². The van der Waals surface area contributed by atoms with Crippen molar-refractivity contribution in [3.63, 3.8) is 0 Å². The van der Waals surface area contributed by atoms with Crippen molar-refractivity contribution in [2.75, 3.05) is 13.2 Å². The molecule has 0 saturated carbocycles. The first kappa shape index (κ1) is 50.6. The number of fused-ring (bicyclic) bond motifs is 2. The van der Waals surface area contributed by atoms with Crippen LogP contribution in [0.3, 0.4) is 0 Å².